The van der Waals surface area contributed by atoms with Gasteiger partial charge in [-0.2, -0.15) is 0 Å². The van der Waals surface area contributed by atoms with Crippen LogP contribution in [0.2, 0.25) is 5.02 Å². The van der Waals surface area contributed by atoms with E-state index in [0.29, 0.717) is 16.5 Å². The summed E-state index contributed by atoms with van der Waals surface area (Å²) >= 11 is 9.18. The first-order valence-electron chi connectivity index (χ1n) is 5.61. The van der Waals surface area contributed by atoms with Crippen molar-refractivity contribution in [2.45, 2.75) is 12.5 Å². The van der Waals surface area contributed by atoms with E-state index in [1.165, 1.54) is 24.3 Å². The zero-order valence-electron chi connectivity index (χ0n) is 9.84. The van der Waals surface area contributed by atoms with Gasteiger partial charge in [-0.25, -0.2) is 8.78 Å². The molecule has 2 N–H and O–H groups in total. The highest BCUT2D eigenvalue weighted by Gasteiger charge is 2.12. The van der Waals surface area contributed by atoms with Crippen molar-refractivity contribution >= 4 is 27.5 Å². The van der Waals surface area contributed by atoms with Crippen molar-refractivity contribution in [3.63, 3.8) is 0 Å². The number of benzene rings is 2. The van der Waals surface area contributed by atoms with Crippen LogP contribution in [0.4, 0.5) is 8.78 Å². The predicted octanol–water partition coefficient (Wildman–Crippen LogP) is 4.62. The fourth-order valence-electron chi connectivity index (χ4n) is 1.89. The summed E-state index contributed by atoms with van der Waals surface area (Å²) in [7, 11) is 0. The molecule has 5 heteroatoms. The average Bonchev–Trinajstić information content (AvgIpc) is 2.26. The van der Waals surface area contributed by atoms with Gasteiger partial charge in [-0.15, -0.1) is 0 Å². The summed E-state index contributed by atoms with van der Waals surface area (Å²) in [5, 5.41) is 0.281. The lowest BCUT2D eigenvalue weighted by Crippen LogP contribution is -2.14. The van der Waals surface area contributed by atoms with Gasteiger partial charge in [0.15, 0.2) is 0 Å². The van der Waals surface area contributed by atoms with Crippen LogP contribution >= 0.6 is 27.5 Å². The van der Waals surface area contributed by atoms with Gasteiger partial charge in [-0.3, -0.25) is 0 Å². The highest BCUT2D eigenvalue weighted by Crippen LogP contribution is 2.26. The molecule has 0 amide bonds. The van der Waals surface area contributed by atoms with Gasteiger partial charge in [0, 0.05) is 15.5 Å². The first-order valence-corrected chi connectivity index (χ1v) is 6.78. The largest absolute Gasteiger partial charge is 0.324 e. The maximum absolute atomic E-state index is 13.3. The van der Waals surface area contributed by atoms with Gasteiger partial charge >= 0.3 is 0 Å². The second kappa shape index (κ2) is 5.99. The molecule has 0 saturated heterocycles. The Hall–Kier alpha value is -0.970. The summed E-state index contributed by atoms with van der Waals surface area (Å²) in [6, 6.07) is 8.25. The fraction of sp³-hybridized carbons (Fsp3) is 0.143. The third-order valence-corrected chi connectivity index (χ3v) is 3.53. The first kappa shape index (κ1) is 14.4. The van der Waals surface area contributed by atoms with Gasteiger partial charge in [0.1, 0.15) is 11.6 Å². The smallest absolute Gasteiger partial charge is 0.124 e. The summed E-state index contributed by atoms with van der Waals surface area (Å²) in [4.78, 5) is 0. The fourth-order valence-corrected chi connectivity index (χ4v) is 2.72. The highest BCUT2D eigenvalue weighted by atomic mass is 79.9. The van der Waals surface area contributed by atoms with Gasteiger partial charge in [-0.1, -0.05) is 33.6 Å². The van der Waals surface area contributed by atoms with Gasteiger partial charge < -0.3 is 5.73 Å². The van der Waals surface area contributed by atoms with Crippen molar-refractivity contribution in [1.82, 2.24) is 0 Å². The third-order valence-electron chi connectivity index (χ3n) is 2.74. The van der Waals surface area contributed by atoms with Crippen LogP contribution in [0.5, 0.6) is 0 Å². The molecule has 1 unspecified atom stereocenters. The standard InChI is InChI=1S/C14H11BrClF2N/c15-9-3-8(4-11(18)6-9)5-14(19)12-2-1-10(17)7-13(12)16/h1-4,6-7,14H,5,19H2. The Kier molecular flexibility index (Phi) is 4.55. The molecule has 0 fully saturated rings. The zero-order chi connectivity index (χ0) is 14.0. The van der Waals surface area contributed by atoms with Crippen LogP contribution in [0.25, 0.3) is 0 Å². The Morgan fingerprint density at radius 3 is 2.47 bits per heavy atom. The summed E-state index contributed by atoms with van der Waals surface area (Å²) in [5.74, 6) is -0.740. The molecular formula is C14H11BrClF2N. The van der Waals surface area contributed by atoms with Crippen molar-refractivity contribution in [3.8, 4) is 0 Å². The van der Waals surface area contributed by atoms with E-state index in [4.69, 9.17) is 17.3 Å². The highest BCUT2D eigenvalue weighted by molar-refractivity contribution is 9.10. The van der Waals surface area contributed by atoms with E-state index in [2.05, 4.69) is 15.9 Å². The third kappa shape index (κ3) is 3.75. The molecule has 0 spiro atoms. The summed E-state index contributed by atoms with van der Waals surface area (Å²) in [5.41, 5.74) is 7.43. The number of hydrogen-bond acceptors (Lipinski definition) is 1. The predicted molar refractivity (Wildman–Crippen MR) is 76.1 cm³/mol. The molecule has 0 aliphatic heterocycles. The molecule has 1 nitrogen and oxygen atoms in total. The second-order valence-corrected chi connectivity index (χ2v) is 5.58. The summed E-state index contributed by atoms with van der Waals surface area (Å²) < 4.78 is 26.9. The Morgan fingerprint density at radius 2 is 1.84 bits per heavy atom. The molecule has 0 radical (unpaired) electrons. The van der Waals surface area contributed by atoms with Crippen LogP contribution in [0.3, 0.4) is 0 Å². The second-order valence-electron chi connectivity index (χ2n) is 4.25. The molecule has 0 heterocycles. The normalized spacial score (nSPS) is 12.5. The summed E-state index contributed by atoms with van der Waals surface area (Å²) in [6.07, 6.45) is 0.418. The molecule has 0 aliphatic carbocycles. The van der Waals surface area contributed by atoms with Crippen LogP contribution < -0.4 is 5.73 Å². The zero-order valence-corrected chi connectivity index (χ0v) is 12.2. The molecule has 1 atom stereocenters. The van der Waals surface area contributed by atoms with E-state index in [1.54, 1.807) is 12.1 Å². The van der Waals surface area contributed by atoms with E-state index >= 15 is 0 Å². The molecule has 100 valence electrons. The van der Waals surface area contributed by atoms with Crippen LogP contribution in [-0.4, -0.2) is 0 Å². The first-order chi connectivity index (χ1) is 8.95. The number of rotatable bonds is 3. The Bertz CT molecular complexity index is 584. The minimum atomic E-state index is -0.415. The molecule has 0 bridgehead atoms. The van der Waals surface area contributed by atoms with Gasteiger partial charge in [-0.05, 0) is 47.9 Å². The van der Waals surface area contributed by atoms with Crippen LogP contribution in [0, 0.1) is 11.6 Å². The van der Waals surface area contributed by atoms with Crippen molar-refractivity contribution in [3.05, 3.63) is 68.7 Å². The van der Waals surface area contributed by atoms with Crippen molar-refractivity contribution in [1.29, 1.82) is 0 Å². The lowest BCUT2D eigenvalue weighted by molar-refractivity contribution is 0.619. The van der Waals surface area contributed by atoms with E-state index in [9.17, 15) is 8.78 Å². The van der Waals surface area contributed by atoms with E-state index < -0.39 is 11.9 Å². The van der Waals surface area contributed by atoms with Crippen LogP contribution in [0.1, 0.15) is 17.2 Å². The van der Waals surface area contributed by atoms with Crippen molar-refractivity contribution < 1.29 is 8.78 Å². The molecule has 2 aromatic carbocycles. The molecule has 0 aromatic heterocycles. The lowest BCUT2D eigenvalue weighted by atomic mass is 9.99. The molecule has 2 rings (SSSR count). The average molecular weight is 347 g/mol. The summed E-state index contributed by atoms with van der Waals surface area (Å²) in [6.45, 7) is 0. The van der Waals surface area contributed by atoms with E-state index in [0.717, 1.165) is 5.56 Å². The van der Waals surface area contributed by atoms with Gasteiger partial charge in [0.25, 0.3) is 0 Å². The molecule has 2 aromatic rings. The van der Waals surface area contributed by atoms with Gasteiger partial charge in [0.05, 0.1) is 0 Å². The molecule has 0 aliphatic rings. The number of nitrogens with two attached hydrogens (primary N) is 1. The number of hydrogen-bond donors (Lipinski definition) is 1. The molecular weight excluding hydrogens is 336 g/mol. The minimum Gasteiger partial charge on any atom is -0.324 e. The van der Waals surface area contributed by atoms with Crippen molar-refractivity contribution in [2.24, 2.45) is 5.73 Å². The van der Waals surface area contributed by atoms with Crippen LogP contribution in [0.15, 0.2) is 40.9 Å². The van der Waals surface area contributed by atoms with Crippen LogP contribution in [-0.2, 0) is 6.42 Å². The minimum absolute atomic E-state index is 0.281. The van der Waals surface area contributed by atoms with E-state index in [1.807, 2.05) is 0 Å². The topological polar surface area (TPSA) is 26.0 Å². The SMILES string of the molecule is NC(Cc1cc(F)cc(Br)c1)c1ccc(F)cc1Cl. The maximum Gasteiger partial charge on any atom is 0.124 e. The maximum atomic E-state index is 13.3. The quantitative estimate of drug-likeness (QED) is 0.862. The number of halogens is 4. The van der Waals surface area contributed by atoms with E-state index in [-0.39, 0.29) is 10.8 Å². The Balaban J connectivity index is 2.22. The Labute approximate surface area is 123 Å². The van der Waals surface area contributed by atoms with Crippen molar-refractivity contribution in [2.75, 3.05) is 0 Å². The monoisotopic (exact) mass is 345 g/mol. The van der Waals surface area contributed by atoms with Gasteiger partial charge in [0.2, 0.25) is 0 Å². The Morgan fingerprint density at radius 1 is 1.11 bits per heavy atom. The lowest BCUT2D eigenvalue weighted by Gasteiger charge is -2.14. The molecule has 0 saturated carbocycles. The molecule has 19 heavy (non-hydrogen) atoms.